The van der Waals surface area contributed by atoms with E-state index in [1.807, 2.05) is 46.6 Å². The first-order chi connectivity index (χ1) is 26.6. The van der Waals surface area contributed by atoms with Gasteiger partial charge < -0.3 is 48.1 Å². The van der Waals surface area contributed by atoms with Gasteiger partial charge in [0.2, 0.25) is 0 Å². The van der Waals surface area contributed by atoms with E-state index < -0.39 is 108 Å². The van der Waals surface area contributed by atoms with Gasteiger partial charge in [0.15, 0.2) is 12.6 Å². The molecule has 18 atom stereocenters. The number of carbonyl (C=O) groups excluding carboxylic acids is 3. The number of methoxy groups -OCH3 is 2. The van der Waals surface area contributed by atoms with Crippen molar-refractivity contribution in [1.82, 2.24) is 4.90 Å². The summed E-state index contributed by atoms with van der Waals surface area (Å²) in [5.74, 6) is -1.95. The van der Waals surface area contributed by atoms with E-state index >= 15 is 0 Å². The van der Waals surface area contributed by atoms with E-state index in [4.69, 9.17) is 44.3 Å². The van der Waals surface area contributed by atoms with Crippen LogP contribution in [0.2, 0.25) is 0 Å². The number of ketones is 1. The number of terminal acetylenes is 1. The largest absolute Gasteiger partial charge is 0.458 e. The van der Waals surface area contributed by atoms with Crippen molar-refractivity contribution in [2.45, 2.75) is 186 Å². The number of Topliss-reactive ketones (excluding diaryl/α,β-unsaturated/α-hetero) is 1. The zero-order chi connectivity index (χ0) is 42.8. The number of ether oxygens (including phenoxy) is 8. The second-order valence-electron chi connectivity index (χ2n) is 17.9. The Morgan fingerprint density at radius 3 is 2.18 bits per heavy atom. The quantitative estimate of drug-likeness (QED) is 0.240. The van der Waals surface area contributed by atoms with E-state index in [1.54, 1.807) is 41.7 Å². The van der Waals surface area contributed by atoms with Crippen LogP contribution >= 0.6 is 0 Å². The minimum absolute atomic E-state index is 0.00313. The SMILES string of the molecule is C#CCCN(C)[C@H]1C[C@@H](C)O[C@@H](O[C@@H]2[C@@H](C)[C@H](O[C@H]3C[C@@](C)(OC)[C@@H](O)[C@H](C)O3)[C@@H](C)C(=O)O[C@H](CC)[C@@]3(C)OC(=O)C[C@@H]3[C@@H](C)C(=O)[C@H](C)C[C@@]2(C)OC)[C@@H]1O. The molecule has 57 heavy (non-hydrogen) atoms. The van der Waals surface area contributed by atoms with Crippen molar-refractivity contribution in [1.29, 1.82) is 0 Å². The van der Waals surface area contributed by atoms with Gasteiger partial charge in [-0.2, -0.15) is 0 Å². The van der Waals surface area contributed by atoms with Crippen LogP contribution in [0.4, 0.5) is 0 Å². The summed E-state index contributed by atoms with van der Waals surface area (Å²) >= 11 is 0. The molecule has 4 rings (SSSR count). The van der Waals surface area contributed by atoms with E-state index in [2.05, 4.69) is 5.92 Å². The Morgan fingerprint density at radius 1 is 0.930 bits per heavy atom. The molecule has 14 heteroatoms. The predicted octanol–water partition coefficient (Wildman–Crippen LogP) is 4.04. The predicted molar refractivity (Wildman–Crippen MR) is 209 cm³/mol. The lowest BCUT2D eigenvalue weighted by Crippen LogP contribution is -2.61. The number of hydrogen-bond donors (Lipinski definition) is 2. The van der Waals surface area contributed by atoms with Crippen LogP contribution in [0.25, 0.3) is 0 Å². The molecule has 14 nitrogen and oxygen atoms in total. The number of aliphatic hydroxyl groups is 2. The van der Waals surface area contributed by atoms with Crippen molar-refractivity contribution >= 4 is 17.7 Å². The van der Waals surface area contributed by atoms with E-state index in [-0.39, 0.29) is 37.2 Å². The highest BCUT2D eigenvalue weighted by molar-refractivity contribution is 5.85. The molecule has 0 amide bonds. The summed E-state index contributed by atoms with van der Waals surface area (Å²) in [7, 11) is 4.96. The second kappa shape index (κ2) is 19.0. The molecule has 326 valence electrons. The van der Waals surface area contributed by atoms with Gasteiger partial charge in [-0.1, -0.05) is 27.7 Å². The number of cyclic esters (lactones) is 1. The molecule has 0 aromatic heterocycles. The van der Waals surface area contributed by atoms with Gasteiger partial charge >= 0.3 is 11.9 Å². The van der Waals surface area contributed by atoms with E-state index in [1.165, 1.54) is 7.11 Å². The van der Waals surface area contributed by atoms with Crippen LogP contribution in [-0.2, 0) is 52.3 Å². The van der Waals surface area contributed by atoms with Gasteiger partial charge in [0, 0.05) is 63.3 Å². The highest BCUT2D eigenvalue weighted by Gasteiger charge is 2.58. The normalized spacial score (nSPS) is 46.4. The molecule has 0 saturated carbocycles. The van der Waals surface area contributed by atoms with Gasteiger partial charge in [0.05, 0.1) is 48.0 Å². The molecule has 0 bridgehead atoms. The van der Waals surface area contributed by atoms with E-state index in [9.17, 15) is 24.6 Å². The molecule has 0 unspecified atom stereocenters. The minimum Gasteiger partial charge on any atom is -0.458 e. The van der Waals surface area contributed by atoms with Crippen molar-refractivity contribution in [2.75, 3.05) is 27.8 Å². The monoisotopic (exact) mass is 809 g/mol. The maximum atomic E-state index is 14.5. The molecule has 0 aromatic rings. The Hall–Kier alpha value is -2.19. The molecule has 4 saturated heterocycles. The van der Waals surface area contributed by atoms with Crippen LogP contribution < -0.4 is 0 Å². The van der Waals surface area contributed by atoms with Crippen molar-refractivity contribution in [3.63, 3.8) is 0 Å². The summed E-state index contributed by atoms with van der Waals surface area (Å²) in [6.45, 7) is 18.6. The Kier molecular flexibility index (Phi) is 15.9. The molecule has 4 aliphatic rings. The minimum atomic E-state index is -1.26. The van der Waals surface area contributed by atoms with Crippen molar-refractivity contribution in [2.24, 2.45) is 29.6 Å². The highest BCUT2D eigenvalue weighted by Crippen LogP contribution is 2.46. The summed E-state index contributed by atoms with van der Waals surface area (Å²) in [5.41, 5.74) is -3.51. The molecular formula is C43H71NO13. The number of esters is 2. The fourth-order valence-corrected chi connectivity index (χ4v) is 9.97. The molecule has 4 heterocycles. The molecule has 0 spiro atoms. The van der Waals surface area contributed by atoms with Crippen molar-refractivity contribution in [3.8, 4) is 12.3 Å². The number of nitrogens with zero attached hydrogens (tertiary/aromatic N) is 1. The molecule has 0 aliphatic carbocycles. The van der Waals surface area contributed by atoms with Crippen LogP contribution in [0.3, 0.4) is 0 Å². The maximum absolute atomic E-state index is 14.5. The number of aliphatic hydroxyl groups excluding tert-OH is 2. The first-order valence-corrected chi connectivity index (χ1v) is 20.8. The summed E-state index contributed by atoms with van der Waals surface area (Å²) < 4.78 is 50.7. The maximum Gasteiger partial charge on any atom is 0.311 e. The summed E-state index contributed by atoms with van der Waals surface area (Å²) in [6.07, 6.45) is -0.652. The number of carbonyl (C=O) groups is 3. The lowest BCUT2D eigenvalue weighted by Gasteiger charge is -2.50. The lowest BCUT2D eigenvalue weighted by molar-refractivity contribution is -0.319. The van der Waals surface area contributed by atoms with Gasteiger partial charge in [-0.25, -0.2) is 0 Å². The average Bonchev–Trinajstić information content (AvgIpc) is 3.49. The van der Waals surface area contributed by atoms with Crippen LogP contribution in [0, 0.1) is 41.9 Å². The fraction of sp³-hybridized carbons (Fsp3) is 0.884. The summed E-state index contributed by atoms with van der Waals surface area (Å²) in [4.78, 5) is 43.9. The third-order valence-corrected chi connectivity index (χ3v) is 13.8. The van der Waals surface area contributed by atoms with E-state index in [0.717, 1.165) is 0 Å². The number of fused-ring (bicyclic) bond motifs is 1. The Labute approximate surface area is 340 Å². The Balaban J connectivity index is 1.86. The fourth-order valence-electron chi connectivity index (χ4n) is 9.97. The standard InChI is InChI=1S/C43H71NO13/c1-15-17-18-44(12)30-19-24(4)52-40(35(30)47)56-38-26(6)36(55-33-22-41(9,50-13)37(48)28(8)53-33)27(7)39(49)54-31(16-2)43(11)29(20-32(45)57-43)25(5)34(46)23(3)21-42(38,10)51-14/h1,23-31,33,35-38,40,47-48H,16-22H2,2-14H3/t23-,24-,25-,26+,27-,28+,29-,30+,31-,33+,35-,36+,37+,38-,40+,41-,42-,43+/m1/s1. The molecule has 4 fully saturated rings. The molecule has 4 aliphatic heterocycles. The zero-order valence-electron chi connectivity index (χ0n) is 36.5. The third-order valence-electron chi connectivity index (χ3n) is 13.8. The third kappa shape index (κ3) is 9.90. The Morgan fingerprint density at radius 2 is 1.58 bits per heavy atom. The molecule has 0 aromatic carbocycles. The highest BCUT2D eigenvalue weighted by atomic mass is 16.7. The van der Waals surface area contributed by atoms with Gasteiger partial charge in [-0.3, -0.25) is 19.3 Å². The molecular weight excluding hydrogens is 738 g/mol. The number of rotatable bonds is 10. The van der Waals surface area contributed by atoms with Crippen molar-refractivity contribution < 1.29 is 62.5 Å². The van der Waals surface area contributed by atoms with E-state index in [0.29, 0.717) is 25.8 Å². The zero-order valence-corrected chi connectivity index (χ0v) is 36.5. The second-order valence-corrected chi connectivity index (χ2v) is 17.9. The number of hydrogen-bond acceptors (Lipinski definition) is 14. The first kappa shape index (κ1) is 47.5. The van der Waals surface area contributed by atoms with Crippen LogP contribution in [0.15, 0.2) is 0 Å². The van der Waals surface area contributed by atoms with Crippen LogP contribution in [0.1, 0.15) is 108 Å². The first-order valence-electron chi connectivity index (χ1n) is 20.8. The average molecular weight is 810 g/mol. The van der Waals surface area contributed by atoms with Crippen molar-refractivity contribution in [3.05, 3.63) is 0 Å². The number of likely N-dealkylation sites (N-methyl/N-ethyl adjacent to an activating group) is 1. The molecule has 2 N–H and O–H groups in total. The Bertz CT molecular complexity index is 1440. The lowest BCUT2D eigenvalue weighted by atomic mass is 9.70. The summed E-state index contributed by atoms with van der Waals surface area (Å²) in [5, 5.41) is 22.9. The smallest absolute Gasteiger partial charge is 0.311 e. The van der Waals surface area contributed by atoms with Gasteiger partial charge in [-0.05, 0) is 67.9 Å². The van der Waals surface area contributed by atoms with Gasteiger partial charge in [-0.15, -0.1) is 12.3 Å². The van der Waals surface area contributed by atoms with Gasteiger partial charge in [0.25, 0.3) is 0 Å². The van der Waals surface area contributed by atoms with Gasteiger partial charge in [0.1, 0.15) is 29.7 Å². The molecule has 0 radical (unpaired) electrons. The summed E-state index contributed by atoms with van der Waals surface area (Å²) in [6, 6.07) is -0.344. The topological polar surface area (TPSA) is 169 Å². The van der Waals surface area contributed by atoms with Crippen LogP contribution in [0.5, 0.6) is 0 Å². The van der Waals surface area contributed by atoms with Crippen LogP contribution in [-0.4, -0.2) is 139 Å².